The summed E-state index contributed by atoms with van der Waals surface area (Å²) in [5.41, 5.74) is 3.80. The molecule has 1 amide bonds. The van der Waals surface area contributed by atoms with Crippen molar-refractivity contribution in [3.8, 4) is 0 Å². The van der Waals surface area contributed by atoms with E-state index in [1.807, 2.05) is 25.3 Å². The van der Waals surface area contributed by atoms with Crippen LogP contribution in [0, 0.1) is 5.95 Å². The Bertz CT molecular complexity index is 1280. The Labute approximate surface area is 190 Å². The van der Waals surface area contributed by atoms with Crippen molar-refractivity contribution in [3.63, 3.8) is 0 Å². The van der Waals surface area contributed by atoms with Crippen molar-refractivity contribution in [2.24, 2.45) is 0 Å². The molecule has 3 aromatic rings. The number of piperazine rings is 1. The predicted octanol–water partition coefficient (Wildman–Crippen LogP) is 2.23. The van der Waals surface area contributed by atoms with E-state index in [1.165, 1.54) is 7.05 Å². The number of aryl methyl sites for hydroxylation is 1. The van der Waals surface area contributed by atoms with Gasteiger partial charge in [0.2, 0.25) is 5.95 Å². The molecule has 0 bridgehead atoms. The smallest absolute Gasteiger partial charge is 0.269 e. The standard InChI is InChI=1S/C24H27FN6O2/c1-3-15-11-17-18(29-23(15)32)10-14(12-27-17)13-30-8-9-31(20-7-6-19(20)30)21-5-4-16(24(33)26-2)28-22(21)25/h4-5,10-12,19-20H,3,6-9,13H2,1-2H3,(H,26,33)(H,29,32)/t19-,20-/m0/s1. The number of carbonyl (C=O) groups is 1. The fourth-order valence-corrected chi connectivity index (χ4v) is 4.96. The van der Waals surface area contributed by atoms with Gasteiger partial charge in [0.25, 0.3) is 11.5 Å². The molecule has 8 nitrogen and oxygen atoms in total. The number of rotatable bonds is 5. The Kier molecular flexibility index (Phi) is 5.57. The fraction of sp³-hybridized carbons (Fsp3) is 0.417. The summed E-state index contributed by atoms with van der Waals surface area (Å²) in [5, 5.41) is 2.47. The number of nitrogens with one attached hydrogen (secondary N) is 2. The summed E-state index contributed by atoms with van der Waals surface area (Å²) < 4.78 is 14.8. The molecule has 2 aliphatic rings. The Morgan fingerprint density at radius 2 is 2.06 bits per heavy atom. The van der Waals surface area contributed by atoms with Gasteiger partial charge in [-0.05, 0) is 49.1 Å². The van der Waals surface area contributed by atoms with Gasteiger partial charge >= 0.3 is 0 Å². The first kappa shape index (κ1) is 21.5. The van der Waals surface area contributed by atoms with Crippen LogP contribution in [0.4, 0.5) is 10.1 Å². The Morgan fingerprint density at radius 1 is 1.24 bits per heavy atom. The van der Waals surface area contributed by atoms with E-state index in [2.05, 4.69) is 30.1 Å². The highest BCUT2D eigenvalue weighted by Gasteiger charge is 2.43. The van der Waals surface area contributed by atoms with Gasteiger partial charge in [-0.3, -0.25) is 19.5 Å². The molecule has 5 rings (SSSR count). The van der Waals surface area contributed by atoms with E-state index in [4.69, 9.17) is 0 Å². The number of anilines is 1. The van der Waals surface area contributed by atoms with Crippen LogP contribution in [-0.2, 0) is 13.0 Å². The molecule has 4 heterocycles. The number of amides is 1. The lowest BCUT2D eigenvalue weighted by atomic mass is 9.81. The molecule has 9 heteroatoms. The highest BCUT2D eigenvalue weighted by molar-refractivity contribution is 5.92. The number of halogens is 1. The summed E-state index contributed by atoms with van der Waals surface area (Å²) in [6.45, 7) is 4.14. The Hall–Kier alpha value is -3.33. The molecule has 172 valence electrons. The van der Waals surface area contributed by atoms with Gasteiger partial charge in [-0.1, -0.05) is 6.92 Å². The zero-order valence-electron chi connectivity index (χ0n) is 18.8. The second kappa shape index (κ2) is 8.55. The molecule has 2 atom stereocenters. The minimum absolute atomic E-state index is 0.0605. The van der Waals surface area contributed by atoms with Gasteiger partial charge in [0.05, 0.1) is 16.7 Å². The molecule has 1 aliphatic carbocycles. The summed E-state index contributed by atoms with van der Waals surface area (Å²) in [6, 6.07) is 7.62. The summed E-state index contributed by atoms with van der Waals surface area (Å²) >= 11 is 0. The van der Waals surface area contributed by atoms with Crippen molar-refractivity contribution in [2.45, 2.75) is 44.8 Å². The number of hydrogen-bond donors (Lipinski definition) is 2. The SMILES string of the molecule is CCc1cc2ncc(CN3CCN(c4ccc(C(=O)NC)nc4F)[C@H]4CC[C@@H]43)cc2[nH]c1=O. The lowest BCUT2D eigenvalue weighted by Crippen LogP contribution is -2.64. The van der Waals surface area contributed by atoms with Crippen molar-refractivity contribution < 1.29 is 9.18 Å². The van der Waals surface area contributed by atoms with E-state index in [1.54, 1.807) is 12.1 Å². The van der Waals surface area contributed by atoms with Crippen LogP contribution in [0.5, 0.6) is 0 Å². The molecule has 1 saturated carbocycles. The fourth-order valence-electron chi connectivity index (χ4n) is 4.96. The highest BCUT2D eigenvalue weighted by atomic mass is 19.1. The average Bonchev–Trinajstić information content (AvgIpc) is 2.79. The van der Waals surface area contributed by atoms with E-state index in [0.29, 0.717) is 24.7 Å². The van der Waals surface area contributed by atoms with E-state index in [9.17, 15) is 14.0 Å². The summed E-state index contributed by atoms with van der Waals surface area (Å²) in [5.74, 6) is -1.01. The summed E-state index contributed by atoms with van der Waals surface area (Å²) in [7, 11) is 1.50. The lowest BCUT2D eigenvalue weighted by Gasteiger charge is -2.54. The summed E-state index contributed by atoms with van der Waals surface area (Å²) in [4.78, 5) is 39.8. The van der Waals surface area contributed by atoms with Crippen molar-refractivity contribution in [3.05, 3.63) is 63.6 Å². The van der Waals surface area contributed by atoms with E-state index in [-0.39, 0.29) is 17.3 Å². The number of pyridine rings is 3. The molecule has 0 spiro atoms. The van der Waals surface area contributed by atoms with Crippen LogP contribution in [0.25, 0.3) is 11.0 Å². The molecule has 1 saturated heterocycles. The van der Waals surface area contributed by atoms with Gasteiger partial charge in [0, 0.05) is 50.5 Å². The number of aromatic nitrogens is 3. The first-order valence-corrected chi connectivity index (χ1v) is 11.4. The van der Waals surface area contributed by atoms with Crippen LogP contribution in [0.3, 0.4) is 0 Å². The quantitative estimate of drug-likeness (QED) is 0.579. The molecule has 2 N–H and O–H groups in total. The number of carbonyl (C=O) groups excluding carboxylic acids is 1. The molecule has 0 aromatic carbocycles. The molecule has 2 fully saturated rings. The van der Waals surface area contributed by atoms with Gasteiger partial charge in [-0.25, -0.2) is 4.98 Å². The summed E-state index contributed by atoms with van der Waals surface area (Å²) in [6.07, 6.45) is 4.58. The van der Waals surface area contributed by atoms with Gasteiger partial charge < -0.3 is 15.2 Å². The third kappa shape index (κ3) is 3.86. The molecule has 0 unspecified atom stereocenters. The highest BCUT2D eigenvalue weighted by Crippen LogP contribution is 2.37. The van der Waals surface area contributed by atoms with Crippen LogP contribution in [0.15, 0.2) is 35.3 Å². The zero-order valence-corrected chi connectivity index (χ0v) is 18.8. The number of fused-ring (bicyclic) bond motifs is 2. The van der Waals surface area contributed by atoms with Crippen molar-refractivity contribution in [2.75, 3.05) is 25.0 Å². The largest absolute Gasteiger partial charge is 0.362 e. The maximum Gasteiger partial charge on any atom is 0.269 e. The topological polar surface area (TPSA) is 94.2 Å². The number of nitrogens with zero attached hydrogens (tertiary/aromatic N) is 4. The van der Waals surface area contributed by atoms with Crippen LogP contribution in [-0.4, -0.2) is 58.0 Å². The Balaban J connectivity index is 1.33. The number of hydrogen-bond acceptors (Lipinski definition) is 6. The van der Waals surface area contributed by atoms with Crippen LogP contribution >= 0.6 is 0 Å². The first-order valence-electron chi connectivity index (χ1n) is 11.4. The van der Waals surface area contributed by atoms with Gasteiger partial charge in [0.15, 0.2) is 0 Å². The normalized spacial score (nSPS) is 20.4. The average molecular weight is 451 g/mol. The van der Waals surface area contributed by atoms with E-state index >= 15 is 0 Å². The Morgan fingerprint density at radius 3 is 2.76 bits per heavy atom. The maximum atomic E-state index is 14.8. The first-order chi connectivity index (χ1) is 16.0. The molecule has 3 aromatic heterocycles. The monoisotopic (exact) mass is 450 g/mol. The van der Waals surface area contributed by atoms with Crippen LogP contribution < -0.4 is 15.8 Å². The molecule has 1 aliphatic heterocycles. The number of aromatic amines is 1. The zero-order chi connectivity index (χ0) is 23.1. The third-order valence-corrected chi connectivity index (χ3v) is 6.89. The van der Waals surface area contributed by atoms with Crippen LogP contribution in [0.2, 0.25) is 0 Å². The molecule has 0 radical (unpaired) electrons. The maximum absolute atomic E-state index is 14.8. The molecular weight excluding hydrogens is 423 g/mol. The minimum atomic E-state index is -0.607. The van der Waals surface area contributed by atoms with E-state index < -0.39 is 11.9 Å². The van der Waals surface area contributed by atoms with Crippen molar-refractivity contribution in [1.82, 2.24) is 25.2 Å². The predicted molar refractivity (Wildman–Crippen MR) is 124 cm³/mol. The minimum Gasteiger partial charge on any atom is -0.362 e. The third-order valence-electron chi connectivity index (χ3n) is 6.89. The van der Waals surface area contributed by atoms with Gasteiger partial charge in [-0.2, -0.15) is 4.39 Å². The van der Waals surface area contributed by atoms with Gasteiger partial charge in [0.1, 0.15) is 5.69 Å². The van der Waals surface area contributed by atoms with Crippen molar-refractivity contribution in [1.29, 1.82) is 0 Å². The van der Waals surface area contributed by atoms with Crippen molar-refractivity contribution >= 4 is 22.6 Å². The molecular formula is C24H27FN6O2. The number of H-pyrrole nitrogens is 1. The molecule has 33 heavy (non-hydrogen) atoms. The lowest BCUT2D eigenvalue weighted by molar-refractivity contribution is 0.0654. The second-order valence-corrected chi connectivity index (χ2v) is 8.72. The van der Waals surface area contributed by atoms with Gasteiger partial charge in [-0.15, -0.1) is 0 Å². The van der Waals surface area contributed by atoms with E-state index in [0.717, 1.165) is 48.1 Å². The second-order valence-electron chi connectivity index (χ2n) is 8.72. The van der Waals surface area contributed by atoms with Crippen LogP contribution in [0.1, 0.15) is 41.4 Å².